The van der Waals surface area contributed by atoms with Gasteiger partial charge in [0, 0.05) is 34.9 Å². The van der Waals surface area contributed by atoms with Crippen molar-refractivity contribution in [3.8, 4) is 11.1 Å². The molecule has 2 N–H and O–H groups in total. The molecule has 0 saturated carbocycles. The zero-order chi connectivity index (χ0) is 25.0. The van der Waals surface area contributed by atoms with Crippen molar-refractivity contribution in [2.45, 2.75) is 32.7 Å². The Hall–Kier alpha value is -3.90. The molecule has 0 aliphatic carbocycles. The minimum atomic E-state index is -0.968. The Morgan fingerprint density at radius 2 is 1.69 bits per heavy atom. The Kier molecular flexibility index (Phi) is 7.03. The zero-order valence-corrected chi connectivity index (χ0v) is 20.2. The lowest BCUT2D eigenvalue weighted by molar-refractivity contribution is -0.120. The lowest BCUT2D eigenvalue weighted by Gasteiger charge is -2.19. The van der Waals surface area contributed by atoms with Crippen molar-refractivity contribution in [3.63, 3.8) is 0 Å². The Bertz CT molecular complexity index is 1330. The highest BCUT2D eigenvalue weighted by atomic mass is 16.5. The number of benzene rings is 3. The van der Waals surface area contributed by atoms with E-state index in [0.29, 0.717) is 13.2 Å². The summed E-state index contributed by atoms with van der Waals surface area (Å²) < 4.78 is 7.62. The van der Waals surface area contributed by atoms with E-state index in [9.17, 15) is 14.7 Å². The number of hydrogen-bond acceptors (Lipinski definition) is 3. The molecule has 1 heterocycles. The minimum absolute atomic E-state index is 0.0554. The number of rotatable bonds is 8. The largest absolute Gasteiger partial charge is 0.478 e. The van der Waals surface area contributed by atoms with Gasteiger partial charge in [-0.3, -0.25) is 4.79 Å². The van der Waals surface area contributed by atoms with Gasteiger partial charge >= 0.3 is 5.97 Å². The van der Waals surface area contributed by atoms with Gasteiger partial charge in [-0.2, -0.15) is 0 Å². The number of anilines is 1. The van der Waals surface area contributed by atoms with Crippen LogP contribution in [0.25, 0.3) is 22.0 Å². The standard InChI is InChI=1S/C29H30N2O4/c1-29(2,3)22-10-12-23(13-11-22)30-27(32)19-35-16-15-31-18-25(20-7-5-4-6-8-20)24-14-9-21(28(33)34)17-26(24)31/h4-14,17-18H,15-16,19H2,1-3H3,(H,30,32)(H,33,34). The molecule has 0 saturated heterocycles. The van der Waals surface area contributed by atoms with E-state index in [2.05, 4.69) is 26.1 Å². The van der Waals surface area contributed by atoms with Crippen LogP contribution in [0.3, 0.4) is 0 Å². The number of carbonyl (C=O) groups excluding carboxylic acids is 1. The van der Waals surface area contributed by atoms with Crippen LogP contribution in [0.4, 0.5) is 5.69 Å². The molecule has 0 aliphatic rings. The first-order chi connectivity index (χ1) is 16.7. The number of nitrogens with one attached hydrogen (secondary N) is 1. The molecule has 0 atom stereocenters. The third kappa shape index (κ3) is 5.78. The van der Waals surface area contributed by atoms with Crippen LogP contribution in [0.2, 0.25) is 0 Å². The molecule has 3 aromatic carbocycles. The van der Waals surface area contributed by atoms with Gasteiger partial charge in [0.15, 0.2) is 0 Å². The quantitative estimate of drug-likeness (QED) is 0.311. The molecule has 6 nitrogen and oxygen atoms in total. The first-order valence-corrected chi connectivity index (χ1v) is 11.6. The number of amides is 1. The predicted molar refractivity (Wildman–Crippen MR) is 139 cm³/mol. The van der Waals surface area contributed by atoms with Crippen molar-refractivity contribution in [2.75, 3.05) is 18.5 Å². The van der Waals surface area contributed by atoms with Crippen molar-refractivity contribution in [3.05, 3.63) is 90.1 Å². The van der Waals surface area contributed by atoms with E-state index in [4.69, 9.17) is 4.74 Å². The second kappa shape index (κ2) is 10.2. The number of hydrogen-bond donors (Lipinski definition) is 2. The van der Waals surface area contributed by atoms with E-state index in [1.807, 2.05) is 71.4 Å². The number of aromatic carboxylic acids is 1. The maximum Gasteiger partial charge on any atom is 0.335 e. The van der Waals surface area contributed by atoms with E-state index < -0.39 is 5.97 Å². The molecular formula is C29H30N2O4. The van der Waals surface area contributed by atoms with E-state index in [0.717, 1.165) is 27.7 Å². The average Bonchev–Trinajstić information content (AvgIpc) is 3.20. The van der Waals surface area contributed by atoms with Crippen molar-refractivity contribution in [2.24, 2.45) is 0 Å². The Morgan fingerprint density at radius 1 is 0.971 bits per heavy atom. The van der Waals surface area contributed by atoms with Crippen molar-refractivity contribution >= 4 is 28.5 Å². The first kappa shape index (κ1) is 24.2. The third-order valence-electron chi connectivity index (χ3n) is 5.96. The molecule has 4 rings (SSSR count). The maximum atomic E-state index is 12.3. The molecule has 0 unspecified atom stereocenters. The highest BCUT2D eigenvalue weighted by Crippen LogP contribution is 2.31. The summed E-state index contributed by atoms with van der Waals surface area (Å²) in [6.07, 6.45) is 2.01. The summed E-state index contributed by atoms with van der Waals surface area (Å²) in [4.78, 5) is 23.8. The smallest absolute Gasteiger partial charge is 0.335 e. The maximum absolute atomic E-state index is 12.3. The second-order valence-corrected chi connectivity index (χ2v) is 9.57. The number of fused-ring (bicyclic) bond motifs is 1. The summed E-state index contributed by atoms with van der Waals surface area (Å²) in [5.74, 6) is -1.19. The van der Waals surface area contributed by atoms with Gasteiger partial charge < -0.3 is 19.7 Å². The van der Waals surface area contributed by atoms with Crippen LogP contribution in [0.15, 0.2) is 79.0 Å². The van der Waals surface area contributed by atoms with Crippen molar-refractivity contribution < 1.29 is 19.4 Å². The van der Waals surface area contributed by atoms with Crippen LogP contribution in [-0.4, -0.2) is 34.8 Å². The molecule has 35 heavy (non-hydrogen) atoms. The predicted octanol–water partition coefficient (Wildman–Crippen LogP) is 5.96. The number of carboxylic acids is 1. The monoisotopic (exact) mass is 470 g/mol. The molecule has 0 aliphatic heterocycles. The van der Waals surface area contributed by atoms with Crippen LogP contribution >= 0.6 is 0 Å². The molecule has 4 aromatic rings. The molecular weight excluding hydrogens is 440 g/mol. The number of carboxylic acid groups (broad SMARTS) is 1. The van der Waals surface area contributed by atoms with Crippen LogP contribution in [-0.2, 0) is 21.5 Å². The van der Waals surface area contributed by atoms with Crippen molar-refractivity contribution in [1.82, 2.24) is 4.57 Å². The molecule has 180 valence electrons. The Labute approximate surface area is 205 Å². The van der Waals surface area contributed by atoms with Gasteiger partial charge in [-0.25, -0.2) is 4.79 Å². The molecule has 0 fully saturated rings. The van der Waals surface area contributed by atoms with Crippen LogP contribution < -0.4 is 5.32 Å². The fourth-order valence-corrected chi connectivity index (χ4v) is 4.04. The summed E-state index contributed by atoms with van der Waals surface area (Å²) in [6.45, 7) is 7.17. The lowest BCUT2D eigenvalue weighted by Crippen LogP contribution is -2.20. The first-order valence-electron chi connectivity index (χ1n) is 11.6. The second-order valence-electron chi connectivity index (χ2n) is 9.57. The topological polar surface area (TPSA) is 80.6 Å². The summed E-state index contributed by atoms with van der Waals surface area (Å²) in [5, 5.41) is 13.3. The minimum Gasteiger partial charge on any atom is -0.478 e. The number of carbonyl (C=O) groups is 2. The Morgan fingerprint density at radius 3 is 2.34 bits per heavy atom. The highest BCUT2D eigenvalue weighted by molar-refractivity contribution is 6.00. The lowest BCUT2D eigenvalue weighted by atomic mass is 9.87. The Balaban J connectivity index is 1.41. The highest BCUT2D eigenvalue weighted by Gasteiger charge is 2.15. The summed E-state index contributed by atoms with van der Waals surface area (Å²) >= 11 is 0. The van der Waals surface area contributed by atoms with Gasteiger partial charge in [0.25, 0.3) is 0 Å². The van der Waals surface area contributed by atoms with Gasteiger partial charge in [0.1, 0.15) is 6.61 Å². The molecule has 6 heteroatoms. The van der Waals surface area contributed by atoms with Crippen molar-refractivity contribution in [1.29, 1.82) is 0 Å². The van der Waals surface area contributed by atoms with Crippen LogP contribution in [0.5, 0.6) is 0 Å². The van der Waals surface area contributed by atoms with Gasteiger partial charge in [-0.05, 0) is 40.8 Å². The fraction of sp³-hybridized carbons (Fsp3) is 0.241. The van der Waals surface area contributed by atoms with E-state index in [-0.39, 0.29) is 23.5 Å². The van der Waals surface area contributed by atoms with Gasteiger partial charge in [0.05, 0.1) is 12.2 Å². The molecule has 0 bridgehead atoms. The summed E-state index contributed by atoms with van der Waals surface area (Å²) in [7, 11) is 0. The van der Waals surface area contributed by atoms with E-state index in [1.54, 1.807) is 12.1 Å². The molecule has 0 radical (unpaired) electrons. The van der Waals surface area contributed by atoms with E-state index >= 15 is 0 Å². The normalized spacial score (nSPS) is 11.5. The molecule has 1 amide bonds. The number of nitrogens with zero attached hydrogens (tertiary/aromatic N) is 1. The van der Waals surface area contributed by atoms with E-state index in [1.165, 1.54) is 5.56 Å². The summed E-state index contributed by atoms with van der Waals surface area (Å²) in [5.41, 5.74) is 5.11. The van der Waals surface area contributed by atoms with Crippen LogP contribution in [0, 0.1) is 0 Å². The summed E-state index contributed by atoms with van der Waals surface area (Å²) in [6, 6.07) is 22.9. The zero-order valence-electron chi connectivity index (χ0n) is 20.2. The SMILES string of the molecule is CC(C)(C)c1ccc(NC(=O)COCCn2cc(-c3ccccc3)c3ccc(C(=O)O)cc32)cc1. The number of ether oxygens (including phenoxy) is 1. The molecule has 1 aromatic heterocycles. The average molecular weight is 471 g/mol. The fourth-order valence-electron chi connectivity index (χ4n) is 4.04. The van der Waals surface area contributed by atoms with Gasteiger partial charge in [-0.1, -0.05) is 69.3 Å². The van der Waals surface area contributed by atoms with Gasteiger partial charge in [0.2, 0.25) is 5.91 Å². The number of aromatic nitrogens is 1. The van der Waals surface area contributed by atoms with Gasteiger partial charge in [-0.15, -0.1) is 0 Å². The molecule has 0 spiro atoms. The third-order valence-corrected chi connectivity index (χ3v) is 5.96. The van der Waals surface area contributed by atoms with Crippen LogP contribution in [0.1, 0.15) is 36.7 Å².